The quantitative estimate of drug-likeness (QED) is 0.371. The Morgan fingerprint density at radius 2 is 1.79 bits per heavy atom. The summed E-state index contributed by atoms with van der Waals surface area (Å²) in [7, 11) is 3.72. The van der Waals surface area contributed by atoms with Crippen LogP contribution in [0.25, 0.3) is 22.2 Å². The van der Waals surface area contributed by atoms with E-state index in [-0.39, 0.29) is 5.91 Å². The standard InChI is InChI=1S/C32H42N6O4/c1-36-13-15-37(16-14-36)30-12-11-25(21-33-30)29-19-27(26-5-3-4-6-28(26)35-29)31(39)34-20-23-7-9-24(10-8-23)22-38(32(40)41)17-18-42-2/h3-6,11-12,19,21,23-24H,7-10,13-18,20,22H2,1-2H3,(H,34,39)(H,40,41)/t23-,24-. The SMILES string of the molecule is COCCN(C[C@H]1CC[C@H](CNC(=O)c2cc(-c3ccc(N4CCN(C)CC4)nc3)nc3ccccc23)CC1)C(=O)O. The zero-order chi connectivity index (χ0) is 29.5. The van der Waals surface area contributed by atoms with E-state index in [2.05, 4.69) is 22.2 Å². The van der Waals surface area contributed by atoms with Gasteiger partial charge in [0.05, 0.1) is 23.4 Å². The molecule has 0 atom stereocenters. The number of hydrogen-bond donors (Lipinski definition) is 2. The number of carbonyl (C=O) groups is 2. The number of carboxylic acid groups (broad SMARTS) is 1. The van der Waals surface area contributed by atoms with Crippen molar-refractivity contribution in [3.05, 3.63) is 54.2 Å². The number of nitrogens with one attached hydrogen (secondary N) is 1. The predicted molar refractivity (Wildman–Crippen MR) is 164 cm³/mol. The van der Waals surface area contributed by atoms with Crippen molar-refractivity contribution in [3.63, 3.8) is 0 Å². The molecule has 224 valence electrons. The molecule has 1 aromatic carbocycles. The number of hydrogen-bond acceptors (Lipinski definition) is 7. The number of pyridine rings is 2. The third-order valence-corrected chi connectivity index (χ3v) is 8.66. The fraction of sp³-hybridized carbons (Fsp3) is 0.500. The maximum atomic E-state index is 13.5. The van der Waals surface area contributed by atoms with Gasteiger partial charge in [-0.1, -0.05) is 18.2 Å². The maximum absolute atomic E-state index is 13.5. The minimum absolute atomic E-state index is 0.101. The number of likely N-dealkylation sites (N-methyl/N-ethyl adjacent to an activating group) is 1. The Labute approximate surface area is 247 Å². The summed E-state index contributed by atoms with van der Waals surface area (Å²) in [5.74, 6) is 1.58. The molecule has 2 aromatic heterocycles. The number of benzene rings is 1. The number of ether oxygens (including phenoxy) is 1. The van der Waals surface area contributed by atoms with Crippen LogP contribution >= 0.6 is 0 Å². The highest BCUT2D eigenvalue weighted by molar-refractivity contribution is 6.07. The zero-order valence-corrected chi connectivity index (χ0v) is 24.7. The van der Waals surface area contributed by atoms with E-state index in [0.29, 0.717) is 43.6 Å². The molecule has 3 aromatic rings. The maximum Gasteiger partial charge on any atom is 0.407 e. The third kappa shape index (κ3) is 7.35. The fourth-order valence-corrected chi connectivity index (χ4v) is 6.00. The van der Waals surface area contributed by atoms with Gasteiger partial charge < -0.3 is 29.9 Å². The molecule has 1 saturated carbocycles. The highest BCUT2D eigenvalue weighted by Gasteiger charge is 2.25. The van der Waals surface area contributed by atoms with Gasteiger partial charge in [-0.05, 0) is 68.8 Å². The molecule has 10 nitrogen and oxygen atoms in total. The van der Waals surface area contributed by atoms with Crippen LogP contribution in [0.15, 0.2) is 48.7 Å². The molecule has 0 bridgehead atoms. The van der Waals surface area contributed by atoms with Crippen LogP contribution in [0.1, 0.15) is 36.0 Å². The molecular formula is C32H42N6O4. The van der Waals surface area contributed by atoms with Gasteiger partial charge in [-0.3, -0.25) is 4.79 Å². The van der Waals surface area contributed by atoms with Crippen molar-refractivity contribution in [1.29, 1.82) is 0 Å². The van der Waals surface area contributed by atoms with Crippen molar-refractivity contribution in [1.82, 2.24) is 25.1 Å². The van der Waals surface area contributed by atoms with E-state index in [0.717, 1.165) is 79.8 Å². The number of nitrogens with zero attached hydrogens (tertiary/aromatic N) is 5. The van der Waals surface area contributed by atoms with Crippen molar-refractivity contribution < 1.29 is 19.4 Å². The molecule has 0 radical (unpaired) electrons. The number of para-hydroxylation sites is 1. The molecule has 1 aliphatic carbocycles. The lowest BCUT2D eigenvalue weighted by atomic mass is 9.81. The van der Waals surface area contributed by atoms with Crippen molar-refractivity contribution in [2.24, 2.45) is 11.8 Å². The van der Waals surface area contributed by atoms with E-state index in [1.165, 1.54) is 4.90 Å². The van der Waals surface area contributed by atoms with Crippen LogP contribution in [0.4, 0.5) is 10.6 Å². The van der Waals surface area contributed by atoms with E-state index < -0.39 is 6.09 Å². The highest BCUT2D eigenvalue weighted by Crippen LogP contribution is 2.30. The van der Waals surface area contributed by atoms with Gasteiger partial charge in [0.1, 0.15) is 5.82 Å². The smallest absolute Gasteiger partial charge is 0.407 e. The molecule has 5 rings (SSSR count). The van der Waals surface area contributed by atoms with Gasteiger partial charge in [-0.15, -0.1) is 0 Å². The number of amides is 2. The molecule has 2 N–H and O–H groups in total. The molecule has 42 heavy (non-hydrogen) atoms. The lowest BCUT2D eigenvalue weighted by molar-refractivity contribution is 0.0927. The van der Waals surface area contributed by atoms with Gasteiger partial charge in [0.2, 0.25) is 0 Å². The number of rotatable bonds is 10. The Kier molecular flexibility index (Phi) is 9.86. The van der Waals surface area contributed by atoms with Crippen LogP contribution in [0.5, 0.6) is 0 Å². The predicted octanol–water partition coefficient (Wildman–Crippen LogP) is 4.21. The first kappa shape index (κ1) is 29.7. The minimum atomic E-state index is -0.896. The Bertz CT molecular complexity index is 1350. The average Bonchev–Trinajstić information content (AvgIpc) is 3.02. The van der Waals surface area contributed by atoms with E-state index >= 15 is 0 Å². The highest BCUT2D eigenvalue weighted by atomic mass is 16.5. The normalized spacial score (nSPS) is 19.5. The van der Waals surface area contributed by atoms with Gasteiger partial charge in [0.15, 0.2) is 0 Å². The summed E-state index contributed by atoms with van der Waals surface area (Å²) in [5, 5.41) is 13.5. The second kappa shape index (κ2) is 13.9. The van der Waals surface area contributed by atoms with Crippen LogP contribution < -0.4 is 10.2 Å². The number of carbonyl (C=O) groups excluding carboxylic acids is 1. The minimum Gasteiger partial charge on any atom is -0.465 e. The monoisotopic (exact) mass is 574 g/mol. The number of fused-ring (bicyclic) bond motifs is 1. The summed E-state index contributed by atoms with van der Waals surface area (Å²) in [5.41, 5.74) is 3.00. The van der Waals surface area contributed by atoms with Gasteiger partial charge in [-0.2, -0.15) is 0 Å². The molecule has 1 saturated heterocycles. The van der Waals surface area contributed by atoms with Gasteiger partial charge in [0.25, 0.3) is 5.91 Å². The molecule has 2 fully saturated rings. The molecule has 0 spiro atoms. The number of piperazine rings is 1. The Morgan fingerprint density at radius 3 is 2.48 bits per heavy atom. The molecule has 2 amide bonds. The molecule has 0 unspecified atom stereocenters. The average molecular weight is 575 g/mol. The third-order valence-electron chi connectivity index (χ3n) is 8.66. The first-order valence-electron chi connectivity index (χ1n) is 15.0. The van der Waals surface area contributed by atoms with Crippen LogP contribution in [-0.4, -0.2) is 103 Å². The first-order valence-corrected chi connectivity index (χ1v) is 15.0. The second-order valence-corrected chi connectivity index (χ2v) is 11.6. The summed E-state index contributed by atoms with van der Waals surface area (Å²) >= 11 is 0. The van der Waals surface area contributed by atoms with Crippen LogP contribution in [-0.2, 0) is 4.74 Å². The van der Waals surface area contributed by atoms with Crippen molar-refractivity contribution in [2.75, 3.05) is 71.5 Å². The van der Waals surface area contributed by atoms with Crippen molar-refractivity contribution in [2.45, 2.75) is 25.7 Å². The van der Waals surface area contributed by atoms with Gasteiger partial charge in [-0.25, -0.2) is 14.8 Å². The van der Waals surface area contributed by atoms with Crippen molar-refractivity contribution >= 4 is 28.7 Å². The Hall–Kier alpha value is -3.76. The van der Waals surface area contributed by atoms with E-state index in [1.807, 2.05) is 48.7 Å². The fourth-order valence-electron chi connectivity index (χ4n) is 6.00. The molecule has 10 heteroatoms. The number of methoxy groups -OCH3 is 1. The van der Waals surface area contributed by atoms with Crippen LogP contribution in [0, 0.1) is 11.8 Å². The van der Waals surface area contributed by atoms with Gasteiger partial charge >= 0.3 is 6.09 Å². The summed E-state index contributed by atoms with van der Waals surface area (Å²) in [6.45, 7) is 5.88. The lowest BCUT2D eigenvalue weighted by Crippen LogP contribution is -2.44. The van der Waals surface area contributed by atoms with Crippen LogP contribution in [0.3, 0.4) is 0 Å². The van der Waals surface area contributed by atoms with E-state index in [4.69, 9.17) is 14.7 Å². The zero-order valence-electron chi connectivity index (χ0n) is 24.7. The second-order valence-electron chi connectivity index (χ2n) is 11.6. The van der Waals surface area contributed by atoms with E-state index in [1.54, 1.807) is 7.11 Å². The van der Waals surface area contributed by atoms with Gasteiger partial charge in [0, 0.05) is 70.1 Å². The molecule has 2 aliphatic rings. The topological polar surface area (TPSA) is 111 Å². The summed E-state index contributed by atoms with van der Waals surface area (Å²) in [4.78, 5) is 40.7. The number of aromatic nitrogens is 2. The molecular weight excluding hydrogens is 532 g/mol. The number of anilines is 1. The Morgan fingerprint density at radius 1 is 1.05 bits per heavy atom. The molecule has 3 heterocycles. The van der Waals surface area contributed by atoms with E-state index in [9.17, 15) is 14.7 Å². The summed E-state index contributed by atoms with van der Waals surface area (Å²) in [6.07, 6.45) is 4.80. The molecule has 1 aliphatic heterocycles. The largest absolute Gasteiger partial charge is 0.465 e. The summed E-state index contributed by atoms with van der Waals surface area (Å²) in [6, 6.07) is 13.7. The Balaban J connectivity index is 1.22. The summed E-state index contributed by atoms with van der Waals surface area (Å²) < 4.78 is 5.05. The van der Waals surface area contributed by atoms with Crippen molar-refractivity contribution in [3.8, 4) is 11.3 Å². The lowest BCUT2D eigenvalue weighted by Gasteiger charge is -2.33. The first-order chi connectivity index (χ1) is 20.4. The van der Waals surface area contributed by atoms with Crippen LogP contribution in [0.2, 0.25) is 0 Å².